The zero-order valence-corrected chi connectivity index (χ0v) is 12.4. The van der Waals surface area contributed by atoms with E-state index >= 15 is 0 Å². The van der Waals surface area contributed by atoms with Gasteiger partial charge in [-0.25, -0.2) is 0 Å². The fraction of sp³-hybridized carbons (Fsp3) is 0.733. The molecule has 0 aliphatic heterocycles. The standard InChI is InChI=1S/C15H26N2O4/c1-2-5-12(14(21)16-8-9-18)10-13(20)17-15(11-19)6-3-4-7-15/h2,12,18-19H,1,3-11H2,(H,16,21)(H,17,20). The van der Waals surface area contributed by atoms with Crippen LogP contribution in [0.5, 0.6) is 0 Å². The maximum absolute atomic E-state index is 12.1. The molecule has 1 aliphatic carbocycles. The van der Waals surface area contributed by atoms with Crippen LogP contribution in [0.1, 0.15) is 38.5 Å². The molecule has 21 heavy (non-hydrogen) atoms. The Morgan fingerprint density at radius 2 is 1.95 bits per heavy atom. The molecule has 0 aromatic heterocycles. The lowest BCUT2D eigenvalue weighted by molar-refractivity contribution is -0.131. The lowest BCUT2D eigenvalue weighted by Gasteiger charge is -2.28. The molecule has 4 N–H and O–H groups in total. The minimum atomic E-state index is -0.516. The van der Waals surface area contributed by atoms with Crippen molar-refractivity contribution < 1.29 is 19.8 Å². The maximum Gasteiger partial charge on any atom is 0.224 e. The van der Waals surface area contributed by atoms with E-state index in [1.54, 1.807) is 6.08 Å². The molecule has 120 valence electrons. The highest BCUT2D eigenvalue weighted by Crippen LogP contribution is 2.29. The Balaban J connectivity index is 2.55. The molecule has 0 heterocycles. The molecule has 6 heteroatoms. The Morgan fingerprint density at radius 1 is 1.29 bits per heavy atom. The first-order valence-electron chi connectivity index (χ1n) is 7.48. The summed E-state index contributed by atoms with van der Waals surface area (Å²) in [5.74, 6) is -0.980. The Morgan fingerprint density at radius 3 is 2.48 bits per heavy atom. The van der Waals surface area contributed by atoms with Crippen LogP contribution >= 0.6 is 0 Å². The quantitative estimate of drug-likeness (QED) is 0.454. The summed E-state index contributed by atoms with van der Waals surface area (Å²) in [5, 5.41) is 23.7. The summed E-state index contributed by atoms with van der Waals surface area (Å²) in [6.07, 6.45) is 5.60. The van der Waals surface area contributed by atoms with Crippen LogP contribution in [0.4, 0.5) is 0 Å². The number of allylic oxidation sites excluding steroid dienone is 1. The number of rotatable bonds is 9. The van der Waals surface area contributed by atoms with Gasteiger partial charge >= 0.3 is 0 Å². The molecular weight excluding hydrogens is 272 g/mol. The molecule has 6 nitrogen and oxygen atoms in total. The van der Waals surface area contributed by atoms with Crippen molar-refractivity contribution in [1.82, 2.24) is 10.6 Å². The highest BCUT2D eigenvalue weighted by molar-refractivity contribution is 5.86. The van der Waals surface area contributed by atoms with E-state index in [0.29, 0.717) is 6.42 Å². The van der Waals surface area contributed by atoms with Gasteiger partial charge in [0.2, 0.25) is 11.8 Å². The van der Waals surface area contributed by atoms with Gasteiger partial charge in [0.1, 0.15) is 0 Å². The van der Waals surface area contributed by atoms with E-state index in [9.17, 15) is 14.7 Å². The van der Waals surface area contributed by atoms with Crippen LogP contribution in [0.25, 0.3) is 0 Å². The van der Waals surface area contributed by atoms with Crippen LogP contribution in [-0.2, 0) is 9.59 Å². The number of hydrogen-bond donors (Lipinski definition) is 4. The van der Waals surface area contributed by atoms with Gasteiger partial charge in [0.15, 0.2) is 0 Å². The van der Waals surface area contributed by atoms with Crippen molar-refractivity contribution >= 4 is 11.8 Å². The number of aliphatic hydroxyl groups excluding tert-OH is 2. The van der Waals surface area contributed by atoms with Gasteiger partial charge in [0.25, 0.3) is 0 Å². The first-order chi connectivity index (χ1) is 10.1. The van der Waals surface area contributed by atoms with E-state index in [-0.39, 0.29) is 38.0 Å². The van der Waals surface area contributed by atoms with Crippen molar-refractivity contribution in [3.05, 3.63) is 12.7 Å². The Bertz CT molecular complexity index is 365. The summed E-state index contributed by atoms with van der Waals surface area (Å²) in [7, 11) is 0. The highest BCUT2D eigenvalue weighted by Gasteiger charge is 2.35. The van der Waals surface area contributed by atoms with Crippen LogP contribution in [0.3, 0.4) is 0 Å². The molecule has 2 amide bonds. The average Bonchev–Trinajstić information content (AvgIpc) is 2.93. The van der Waals surface area contributed by atoms with Gasteiger partial charge in [-0.3, -0.25) is 9.59 Å². The van der Waals surface area contributed by atoms with E-state index in [1.807, 2.05) is 0 Å². The number of amides is 2. The number of carbonyl (C=O) groups is 2. The van der Waals surface area contributed by atoms with E-state index < -0.39 is 11.5 Å². The molecule has 0 radical (unpaired) electrons. The topological polar surface area (TPSA) is 98.7 Å². The van der Waals surface area contributed by atoms with Gasteiger partial charge in [-0.15, -0.1) is 6.58 Å². The van der Waals surface area contributed by atoms with Gasteiger partial charge in [-0.2, -0.15) is 0 Å². The van der Waals surface area contributed by atoms with Crippen molar-refractivity contribution in [3.8, 4) is 0 Å². The summed E-state index contributed by atoms with van der Waals surface area (Å²) in [6.45, 7) is 3.58. The zero-order chi connectivity index (χ0) is 15.7. The molecule has 1 unspecified atom stereocenters. The van der Waals surface area contributed by atoms with Gasteiger partial charge < -0.3 is 20.8 Å². The molecule has 1 saturated carbocycles. The number of hydrogen-bond acceptors (Lipinski definition) is 4. The first-order valence-corrected chi connectivity index (χ1v) is 7.48. The molecule has 1 fully saturated rings. The fourth-order valence-corrected chi connectivity index (χ4v) is 2.75. The van der Waals surface area contributed by atoms with E-state index in [2.05, 4.69) is 17.2 Å². The third kappa shape index (κ3) is 5.47. The summed E-state index contributed by atoms with van der Waals surface area (Å²) >= 11 is 0. The summed E-state index contributed by atoms with van der Waals surface area (Å²) in [5.41, 5.74) is -0.516. The third-order valence-electron chi connectivity index (χ3n) is 3.93. The smallest absolute Gasteiger partial charge is 0.224 e. The van der Waals surface area contributed by atoms with Gasteiger partial charge in [-0.1, -0.05) is 18.9 Å². The van der Waals surface area contributed by atoms with E-state index in [1.165, 1.54) is 0 Å². The Hall–Kier alpha value is -1.40. The summed E-state index contributed by atoms with van der Waals surface area (Å²) in [6, 6.07) is 0. The monoisotopic (exact) mass is 298 g/mol. The Labute approximate surface area is 125 Å². The lowest BCUT2D eigenvalue weighted by atomic mass is 9.96. The predicted octanol–water partition coefficient (Wildman–Crippen LogP) is 0.0986. The van der Waals surface area contributed by atoms with Crippen LogP contribution < -0.4 is 10.6 Å². The van der Waals surface area contributed by atoms with Crippen molar-refractivity contribution in [2.75, 3.05) is 19.8 Å². The second kappa shape index (κ2) is 8.79. The van der Waals surface area contributed by atoms with Crippen LogP contribution in [-0.4, -0.2) is 47.3 Å². The molecule has 0 aromatic carbocycles. The number of carbonyl (C=O) groups excluding carboxylic acids is 2. The van der Waals surface area contributed by atoms with Gasteiger partial charge in [-0.05, 0) is 19.3 Å². The van der Waals surface area contributed by atoms with Crippen molar-refractivity contribution in [2.45, 2.75) is 44.1 Å². The van der Waals surface area contributed by atoms with Crippen molar-refractivity contribution in [1.29, 1.82) is 0 Å². The minimum Gasteiger partial charge on any atom is -0.395 e. The van der Waals surface area contributed by atoms with Crippen LogP contribution in [0.15, 0.2) is 12.7 Å². The highest BCUT2D eigenvalue weighted by atomic mass is 16.3. The molecule has 0 aromatic rings. The van der Waals surface area contributed by atoms with Crippen molar-refractivity contribution in [2.24, 2.45) is 5.92 Å². The lowest BCUT2D eigenvalue weighted by Crippen LogP contribution is -2.50. The van der Waals surface area contributed by atoms with E-state index in [0.717, 1.165) is 25.7 Å². The van der Waals surface area contributed by atoms with E-state index in [4.69, 9.17) is 5.11 Å². The third-order valence-corrected chi connectivity index (χ3v) is 3.93. The molecule has 0 spiro atoms. The fourth-order valence-electron chi connectivity index (χ4n) is 2.75. The predicted molar refractivity (Wildman–Crippen MR) is 79.4 cm³/mol. The summed E-state index contributed by atoms with van der Waals surface area (Å²) in [4.78, 5) is 24.1. The Kier molecular flexibility index (Phi) is 7.39. The first kappa shape index (κ1) is 17.7. The van der Waals surface area contributed by atoms with Crippen LogP contribution in [0, 0.1) is 5.92 Å². The van der Waals surface area contributed by atoms with Crippen LogP contribution in [0.2, 0.25) is 0 Å². The molecular formula is C15H26N2O4. The molecule has 0 bridgehead atoms. The largest absolute Gasteiger partial charge is 0.395 e. The second-order valence-electron chi connectivity index (χ2n) is 5.63. The molecule has 1 aliphatic rings. The molecule has 1 rings (SSSR count). The normalized spacial score (nSPS) is 18.0. The average molecular weight is 298 g/mol. The maximum atomic E-state index is 12.1. The SMILES string of the molecule is C=CCC(CC(=O)NC1(CO)CCCC1)C(=O)NCCO. The van der Waals surface area contributed by atoms with Crippen molar-refractivity contribution in [3.63, 3.8) is 0 Å². The van der Waals surface area contributed by atoms with Gasteiger partial charge in [0, 0.05) is 13.0 Å². The number of nitrogens with one attached hydrogen (secondary N) is 2. The minimum absolute atomic E-state index is 0.0605. The second-order valence-corrected chi connectivity index (χ2v) is 5.63. The molecule has 1 atom stereocenters. The van der Waals surface area contributed by atoms with Gasteiger partial charge in [0.05, 0.1) is 24.7 Å². The number of aliphatic hydroxyl groups is 2. The molecule has 0 saturated heterocycles. The summed E-state index contributed by atoms with van der Waals surface area (Å²) < 4.78 is 0. The zero-order valence-electron chi connectivity index (χ0n) is 12.4.